The molecule has 1 aromatic carbocycles. The Labute approximate surface area is 141 Å². The Morgan fingerprint density at radius 3 is 2.78 bits per heavy atom. The zero-order valence-corrected chi connectivity index (χ0v) is 14.5. The molecule has 6 nitrogen and oxygen atoms in total. The van der Waals surface area contributed by atoms with Crippen molar-refractivity contribution in [2.75, 3.05) is 25.3 Å². The number of aromatic nitrogens is 1. The summed E-state index contributed by atoms with van der Waals surface area (Å²) in [5.74, 6) is -0.334. The van der Waals surface area contributed by atoms with E-state index < -0.39 is 11.9 Å². The minimum atomic E-state index is -0.651. The zero-order chi connectivity index (χ0) is 16.8. The van der Waals surface area contributed by atoms with Crippen LogP contribution in [-0.2, 0) is 19.1 Å². The first-order chi connectivity index (χ1) is 11.1. The quantitative estimate of drug-likeness (QED) is 0.486. The molecule has 0 bridgehead atoms. The second kappa shape index (κ2) is 7.98. The van der Waals surface area contributed by atoms with Gasteiger partial charge in [0.05, 0.1) is 30.5 Å². The Kier molecular flexibility index (Phi) is 6.00. The van der Waals surface area contributed by atoms with Crippen LogP contribution in [0.1, 0.15) is 6.92 Å². The van der Waals surface area contributed by atoms with Crippen molar-refractivity contribution < 1.29 is 19.1 Å². The molecule has 0 saturated carbocycles. The molecule has 23 heavy (non-hydrogen) atoms. The molecule has 1 N–H and O–H groups in total. The molecule has 1 heterocycles. The molecule has 122 valence electrons. The molecule has 0 fully saturated rings. The fourth-order valence-electron chi connectivity index (χ4n) is 1.75. The normalized spacial score (nSPS) is 11.3. The van der Waals surface area contributed by atoms with Gasteiger partial charge in [0.25, 0.3) is 0 Å². The maximum Gasteiger partial charge on any atom is 0.354 e. The summed E-state index contributed by atoms with van der Waals surface area (Å²) in [7, 11) is 2.49. The highest BCUT2D eigenvalue weighted by Gasteiger charge is 2.13. The molecular formula is C15H16N2O4S2. The van der Waals surface area contributed by atoms with Gasteiger partial charge in [-0.2, -0.15) is 0 Å². The molecular weight excluding hydrogens is 336 g/mol. The number of nitrogens with one attached hydrogen (secondary N) is 1. The maximum atomic E-state index is 11.7. The predicted octanol–water partition coefficient (Wildman–Crippen LogP) is 3.05. The van der Waals surface area contributed by atoms with Crippen LogP contribution in [0.2, 0.25) is 0 Å². The summed E-state index contributed by atoms with van der Waals surface area (Å²) in [4.78, 5) is 27.6. The Balaban J connectivity index is 2.28. The van der Waals surface area contributed by atoms with Gasteiger partial charge in [0.15, 0.2) is 4.34 Å². The van der Waals surface area contributed by atoms with Crippen LogP contribution in [0.25, 0.3) is 10.2 Å². The average molecular weight is 352 g/mol. The van der Waals surface area contributed by atoms with Gasteiger partial charge in [-0.15, -0.1) is 11.3 Å². The van der Waals surface area contributed by atoms with Crippen molar-refractivity contribution >= 4 is 50.9 Å². The third kappa shape index (κ3) is 4.46. The van der Waals surface area contributed by atoms with Crippen LogP contribution in [0.15, 0.2) is 34.3 Å². The molecule has 8 heteroatoms. The second-order valence-electron chi connectivity index (χ2n) is 4.29. The Bertz CT molecular complexity index is 755. The highest BCUT2D eigenvalue weighted by atomic mass is 32.2. The topological polar surface area (TPSA) is 77.5 Å². The van der Waals surface area contributed by atoms with Crippen molar-refractivity contribution in [3.63, 3.8) is 0 Å². The van der Waals surface area contributed by atoms with Crippen LogP contribution in [0.3, 0.4) is 0 Å². The Morgan fingerprint density at radius 1 is 1.35 bits per heavy atom. The summed E-state index contributed by atoms with van der Waals surface area (Å²) >= 11 is 3.26. The van der Waals surface area contributed by atoms with E-state index in [0.717, 1.165) is 26.4 Å². The number of hydrogen-bond acceptors (Lipinski definition) is 8. The van der Waals surface area contributed by atoms with E-state index >= 15 is 0 Å². The first-order valence-corrected chi connectivity index (χ1v) is 8.56. The van der Waals surface area contributed by atoms with Gasteiger partial charge in [-0.25, -0.2) is 14.6 Å². The molecule has 0 atom stereocenters. The van der Waals surface area contributed by atoms with Crippen molar-refractivity contribution in [2.45, 2.75) is 11.3 Å². The molecule has 2 rings (SSSR count). The van der Waals surface area contributed by atoms with Gasteiger partial charge in [-0.3, -0.25) is 0 Å². The van der Waals surface area contributed by atoms with Gasteiger partial charge < -0.3 is 14.8 Å². The highest BCUT2D eigenvalue weighted by molar-refractivity contribution is 8.01. The van der Waals surface area contributed by atoms with E-state index in [4.69, 9.17) is 0 Å². The van der Waals surface area contributed by atoms with Crippen LogP contribution < -0.4 is 5.32 Å². The number of thioether (sulfide) groups is 1. The number of anilines is 1. The molecule has 2 aromatic rings. The number of rotatable bonds is 6. The van der Waals surface area contributed by atoms with E-state index in [0.29, 0.717) is 5.69 Å². The summed E-state index contributed by atoms with van der Waals surface area (Å²) in [5, 5.41) is 2.89. The number of nitrogens with zero attached hydrogens (tertiary/aromatic N) is 1. The average Bonchev–Trinajstić information content (AvgIpc) is 2.95. The summed E-state index contributed by atoms with van der Waals surface area (Å²) < 4.78 is 11.2. The van der Waals surface area contributed by atoms with Crippen LogP contribution in [-0.4, -0.2) is 36.9 Å². The molecule has 0 unspecified atom stereocenters. The standard InChI is InChI=1S/C15H16N2O4S2/c1-4-22-15-17-10-6-5-9(7-12(10)23-15)16-11(14(19)21-3)8-13(18)20-2/h5-8,16H,4H2,1-3H3/b11-8+. The molecule has 0 spiro atoms. The molecule has 0 radical (unpaired) electrons. The van der Waals surface area contributed by atoms with Crippen LogP contribution in [0, 0.1) is 0 Å². The molecule has 1 aromatic heterocycles. The fraction of sp³-hybridized carbons (Fsp3) is 0.267. The Hall–Kier alpha value is -2.06. The first kappa shape index (κ1) is 17.3. The van der Waals surface area contributed by atoms with E-state index in [-0.39, 0.29) is 5.70 Å². The van der Waals surface area contributed by atoms with E-state index in [9.17, 15) is 9.59 Å². The Morgan fingerprint density at radius 2 is 2.13 bits per heavy atom. The van der Waals surface area contributed by atoms with Gasteiger partial charge >= 0.3 is 11.9 Å². The molecule has 0 aliphatic carbocycles. The van der Waals surface area contributed by atoms with Gasteiger partial charge in [0, 0.05) is 5.69 Å². The minimum Gasteiger partial charge on any atom is -0.466 e. The summed E-state index contributed by atoms with van der Waals surface area (Å²) in [6, 6.07) is 5.53. The van der Waals surface area contributed by atoms with Crippen LogP contribution in [0.5, 0.6) is 0 Å². The molecule has 0 aliphatic rings. The number of thiazole rings is 1. The number of methoxy groups -OCH3 is 2. The SMILES string of the molecule is CCSc1nc2ccc(N/C(=C/C(=O)OC)C(=O)OC)cc2s1. The van der Waals surface area contributed by atoms with Crippen LogP contribution in [0.4, 0.5) is 5.69 Å². The van der Waals surface area contributed by atoms with E-state index in [1.807, 2.05) is 12.1 Å². The molecule has 0 amide bonds. The lowest BCUT2D eigenvalue weighted by Gasteiger charge is -2.08. The number of ether oxygens (including phenoxy) is 2. The monoisotopic (exact) mass is 352 g/mol. The largest absolute Gasteiger partial charge is 0.466 e. The van der Waals surface area contributed by atoms with Gasteiger partial charge in [0.1, 0.15) is 5.70 Å². The van der Waals surface area contributed by atoms with Crippen molar-refractivity contribution in [1.82, 2.24) is 4.98 Å². The van der Waals surface area contributed by atoms with E-state index in [2.05, 4.69) is 26.7 Å². The zero-order valence-electron chi connectivity index (χ0n) is 12.9. The number of esters is 2. The van der Waals surface area contributed by atoms with Crippen molar-refractivity contribution in [1.29, 1.82) is 0 Å². The number of hydrogen-bond donors (Lipinski definition) is 1. The second-order valence-corrected chi connectivity index (χ2v) is 6.83. The van der Waals surface area contributed by atoms with Crippen molar-refractivity contribution in [3.8, 4) is 0 Å². The van der Waals surface area contributed by atoms with Gasteiger partial charge in [-0.05, 0) is 24.0 Å². The highest BCUT2D eigenvalue weighted by Crippen LogP contribution is 2.31. The third-order valence-electron chi connectivity index (χ3n) is 2.78. The van der Waals surface area contributed by atoms with Crippen LogP contribution >= 0.6 is 23.1 Å². The lowest BCUT2D eigenvalue weighted by molar-refractivity contribution is -0.138. The lowest BCUT2D eigenvalue weighted by Crippen LogP contribution is -2.15. The van der Waals surface area contributed by atoms with E-state index in [1.54, 1.807) is 29.2 Å². The number of fused-ring (bicyclic) bond motifs is 1. The molecule has 0 saturated heterocycles. The third-order valence-corrected chi connectivity index (χ3v) is 4.83. The van der Waals surface area contributed by atoms with E-state index in [1.165, 1.54) is 14.2 Å². The summed E-state index contributed by atoms with van der Waals surface area (Å²) in [6.45, 7) is 2.07. The van der Waals surface area contributed by atoms with Crippen molar-refractivity contribution in [2.24, 2.45) is 0 Å². The van der Waals surface area contributed by atoms with Gasteiger partial charge in [-0.1, -0.05) is 18.7 Å². The fourth-order valence-corrected chi connectivity index (χ4v) is 3.76. The number of carbonyl (C=O) groups is 2. The smallest absolute Gasteiger partial charge is 0.354 e. The minimum absolute atomic E-state index is 0.00590. The number of benzene rings is 1. The maximum absolute atomic E-state index is 11.7. The predicted molar refractivity (Wildman–Crippen MR) is 91.8 cm³/mol. The number of carbonyl (C=O) groups excluding carboxylic acids is 2. The first-order valence-electron chi connectivity index (χ1n) is 6.75. The summed E-state index contributed by atoms with van der Waals surface area (Å²) in [6.07, 6.45) is 1.06. The summed E-state index contributed by atoms with van der Waals surface area (Å²) in [5.41, 5.74) is 1.56. The molecule has 0 aliphatic heterocycles. The van der Waals surface area contributed by atoms with Crippen molar-refractivity contribution in [3.05, 3.63) is 30.0 Å². The van der Waals surface area contributed by atoms with Gasteiger partial charge in [0.2, 0.25) is 0 Å². The lowest BCUT2D eigenvalue weighted by atomic mass is 10.2.